The first kappa shape index (κ1) is 19.8. The van der Waals surface area contributed by atoms with E-state index >= 15 is 0 Å². The fraction of sp³-hybridized carbons (Fsp3) is 0.381. The zero-order valence-electron chi connectivity index (χ0n) is 15.5. The van der Waals surface area contributed by atoms with Crippen LogP contribution in [0.15, 0.2) is 48.5 Å². The molecule has 0 bridgehead atoms. The van der Waals surface area contributed by atoms with E-state index in [-0.39, 0.29) is 5.91 Å². The Bertz CT molecular complexity index is 687. The second-order valence-corrected chi connectivity index (χ2v) is 5.73. The van der Waals surface area contributed by atoms with Crippen LogP contribution in [0.1, 0.15) is 37.0 Å². The largest absolute Gasteiger partial charge is 0.494 e. The molecule has 0 radical (unpaired) electrons. The number of nitrogens with one attached hydrogen (secondary N) is 1. The van der Waals surface area contributed by atoms with E-state index in [0.717, 1.165) is 12.8 Å². The summed E-state index contributed by atoms with van der Waals surface area (Å²) in [7, 11) is 0. The van der Waals surface area contributed by atoms with Crippen LogP contribution in [0.2, 0.25) is 0 Å². The summed E-state index contributed by atoms with van der Waals surface area (Å²) < 4.78 is 16.6. The monoisotopic (exact) mass is 357 g/mol. The van der Waals surface area contributed by atoms with Crippen molar-refractivity contribution in [3.8, 4) is 11.5 Å². The van der Waals surface area contributed by atoms with Gasteiger partial charge in [0, 0.05) is 12.2 Å². The third-order valence-electron chi connectivity index (χ3n) is 3.69. The van der Waals surface area contributed by atoms with Gasteiger partial charge >= 0.3 is 0 Å². The van der Waals surface area contributed by atoms with Gasteiger partial charge in [0.1, 0.15) is 18.1 Å². The first-order valence-electron chi connectivity index (χ1n) is 9.08. The summed E-state index contributed by atoms with van der Waals surface area (Å²) in [4.78, 5) is 12.6. The number of benzene rings is 2. The molecule has 0 heterocycles. The van der Waals surface area contributed by atoms with Crippen molar-refractivity contribution in [3.63, 3.8) is 0 Å². The number of unbranched alkanes of at least 4 members (excludes halogenated alkanes) is 1. The summed E-state index contributed by atoms with van der Waals surface area (Å²) >= 11 is 0. The average Bonchev–Trinajstić information content (AvgIpc) is 2.67. The fourth-order valence-electron chi connectivity index (χ4n) is 2.31. The molecule has 0 saturated heterocycles. The molecule has 0 aliphatic heterocycles. The fourth-order valence-corrected chi connectivity index (χ4v) is 2.31. The van der Waals surface area contributed by atoms with Gasteiger partial charge in [-0.3, -0.25) is 4.79 Å². The third kappa shape index (κ3) is 6.41. The molecule has 140 valence electrons. The van der Waals surface area contributed by atoms with Crippen LogP contribution in [0.5, 0.6) is 11.5 Å². The van der Waals surface area contributed by atoms with E-state index in [0.29, 0.717) is 49.2 Å². The molecule has 0 saturated carbocycles. The Balaban J connectivity index is 2.00. The molecule has 5 nitrogen and oxygen atoms in total. The molecule has 0 aromatic heterocycles. The van der Waals surface area contributed by atoms with Crippen LogP contribution in [-0.4, -0.2) is 32.3 Å². The molecule has 1 amide bonds. The van der Waals surface area contributed by atoms with E-state index in [1.165, 1.54) is 0 Å². The van der Waals surface area contributed by atoms with E-state index in [1.807, 2.05) is 43.3 Å². The quantitative estimate of drug-likeness (QED) is 0.600. The third-order valence-corrected chi connectivity index (χ3v) is 3.69. The second kappa shape index (κ2) is 11.2. The van der Waals surface area contributed by atoms with E-state index in [2.05, 4.69) is 12.2 Å². The number of hydrogen-bond acceptors (Lipinski definition) is 4. The van der Waals surface area contributed by atoms with E-state index in [9.17, 15) is 4.79 Å². The van der Waals surface area contributed by atoms with Gasteiger partial charge in [0.25, 0.3) is 5.91 Å². The van der Waals surface area contributed by atoms with Gasteiger partial charge in [-0.15, -0.1) is 0 Å². The standard InChI is InChI=1S/C21H27NO4/c1-3-5-13-25-18-10-8-9-17(16-18)21(23)22-19-11-6-7-12-20(19)26-15-14-24-4-2/h6-12,16H,3-5,13-15H2,1-2H3,(H,22,23). The first-order valence-corrected chi connectivity index (χ1v) is 9.08. The summed E-state index contributed by atoms with van der Waals surface area (Å²) in [6, 6.07) is 14.6. The SMILES string of the molecule is CCCCOc1cccc(C(=O)Nc2ccccc2OCCOCC)c1. The normalized spacial score (nSPS) is 10.4. The van der Waals surface area contributed by atoms with Crippen LogP contribution in [0, 0.1) is 0 Å². The molecule has 0 aliphatic carbocycles. The van der Waals surface area contributed by atoms with Crippen LogP contribution in [0.3, 0.4) is 0 Å². The predicted octanol–water partition coefficient (Wildman–Crippen LogP) is 4.53. The molecule has 1 N–H and O–H groups in total. The maximum Gasteiger partial charge on any atom is 0.255 e. The Kier molecular flexibility index (Phi) is 8.49. The van der Waals surface area contributed by atoms with Gasteiger partial charge < -0.3 is 19.5 Å². The van der Waals surface area contributed by atoms with Gasteiger partial charge in [-0.25, -0.2) is 0 Å². The van der Waals surface area contributed by atoms with Crippen molar-refractivity contribution in [1.82, 2.24) is 0 Å². The molecule has 0 aliphatic rings. The Hall–Kier alpha value is -2.53. The maximum absolute atomic E-state index is 12.6. The highest BCUT2D eigenvalue weighted by Crippen LogP contribution is 2.25. The number of anilines is 1. The minimum Gasteiger partial charge on any atom is -0.494 e. The van der Waals surface area contributed by atoms with Crippen LogP contribution < -0.4 is 14.8 Å². The number of para-hydroxylation sites is 2. The van der Waals surface area contributed by atoms with Crippen molar-refractivity contribution in [2.24, 2.45) is 0 Å². The highest BCUT2D eigenvalue weighted by molar-refractivity contribution is 6.05. The van der Waals surface area contributed by atoms with Crippen LogP contribution in [-0.2, 0) is 4.74 Å². The number of rotatable bonds is 11. The lowest BCUT2D eigenvalue weighted by Crippen LogP contribution is -2.14. The van der Waals surface area contributed by atoms with Crippen molar-refractivity contribution in [2.45, 2.75) is 26.7 Å². The minimum atomic E-state index is -0.202. The van der Waals surface area contributed by atoms with Crippen LogP contribution >= 0.6 is 0 Å². The van der Waals surface area contributed by atoms with E-state index in [1.54, 1.807) is 12.1 Å². The molecule has 0 fully saturated rings. The summed E-state index contributed by atoms with van der Waals surface area (Å²) in [6.45, 7) is 6.29. The summed E-state index contributed by atoms with van der Waals surface area (Å²) in [5.41, 5.74) is 1.18. The van der Waals surface area contributed by atoms with Crippen LogP contribution in [0.4, 0.5) is 5.69 Å². The molecule has 0 atom stereocenters. The van der Waals surface area contributed by atoms with Crippen molar-refractivity contribution in [2.75, 3.05) is 31.7 Å². The molecule has 0 spiro atoms. The topological polar surface area (TPSA) is 56.8 Å². The van der Waals surface area contributed by atoms with Gasteiger partial charge in [-0.2, -0.15) is 0 Å². The highest BCUT2D eigenvalue weighted by Gasteiger charge is 2.10. The Morgan fingerprint density at radius 1 is 0.962 bits per heavy atom. The Morgan fingerprint density at radius 2 is 1.81 bits per heavy atom. The average molecular weight is 357 g/mol. The minimum absolute atomic E-state index is 0.202. The Labute approximate surface area is 155 Å². The molecule has 26 heavy (non-hydrogen) atoms. The smallest absolute Gasteiger partial charge is 0.255 e. The molecule has 2 aromatic rings. The molecule has 2 aromatic carbocycles. The van der Waals surface area contributed by atoms with E-state index in [4.69, 9.17) is 14.2 Å². The maximum atomic E-state index is 12.6. The van der Waals surface area contributed by atoms with Gasteiger partial charge in [0.2, 0.25) is 0 Å². The van der Waals surface area contributed by atoms with Gasteiger partial charge in [0.15, 0.2) is 0 Å². The Morgan fingerprint density at radius 3 is 2.62 bits per heavy atom. The van der Waals surface area contributed by atoms with Gasteiger partial charge in [0.05, 0.1) is 18.9 Å². The number of hydrogen-bond donors (Lipinski definition) is 1. The second-order valence-electron chi connectivity index (χ2n) is 5.73. The molecule has 2 rings (SSSR count). The molecular weight excluding hydrogens is 330 g/mol. The summed E-state index contributed by atoms with van der Waals surface area (Å²) in [5.74, 6) is 1.12. The zero-order valence-corrected chi connectivity index (χ0v) is 15.5. The lowest BCUT2D eigenvalue weighted by atomic mass is 10.2. The molecule has 5 heteroatoms. The van der Waals surface area contributed by atoms with E-state index < -0.39 is 0 Å². The number of amides is 1. The van der Waals surface area contributed by atoms with Gasteiger partial charge in [-0.05, 0) is 43.7 Å². The van der Waals surface area contributed by atoms with Crippen molar-refractivity contribution >= 4 is 11.6 Å². The molecular formula is C21H27NO4. The lowest BCUT2D eigenvalue weighted by molar-refractivity contribution is 0.102. The lowest BCUT2D eigenvalue weighted by Gasteiger charge is -2.13. The number of carbonyl (C=O) groups is 1. The van der Waals surface area contributed by atoms with Crippen molar-refractivity contribution in [1.29, 1.82) is 0 Å². The van der Waals surface area contributed by atoms with Gasteiger partial charge in [-0.1, -0.05) is 31.5 Å². The number of ether oxygens (including phenoxy) is 3. The summed E-state index contributed by atoms with van der Waals surface area (Å²) in [6.07, 6.45) is 2.06. The number of carbonyl (C=O) groups excluding carboxylic acids is 1. The first-order chi connectivity index (χ1) is 12.7. The van der Waals surface area contributed by atoms with Crippen molar-refractivity contribution < 1.29 is 19.0 Å². The highest BCUT2D eigenvalue weighted by atomic mass is 16.5. The molecule has 0 unspecified atom stereocenters. The van der Waals surface area contributed by atoms with Crippen molar-refractivity contribution in [3.05, 3.63) is 54.1 Å². The summed E-state index contributed by atoms with van der Waals surface area (Å²) in [5, 5.41) is 2.90. The van der Waals surface area contributed by atoms with Crippen LogP contribution in [0.25, 0.3) is 0 Å². The predicted molar refractivity (Wildman–Crippen MR) is 103 cm³/mol. The zero-order chi connectivity index (χ0) is 18.6.